The fraction of sp³-hybridized carbons (Fsp3) is 0.500. The summed E-state index contributed by atoms with van der Waals surface area (Å²) in [6, 6.07) is 3.61. The molecular formula is C18H21N7O2. The normalized spacial score (nSPS) is 19.5. The molecule has 140 valence electrons. The lowest BCUT2D eigenvalue weighted by Crippen LogP contribution is -2.35. The molecule has 9 heteroatoms. The standard InChI is InChI=1S/C18H21N7O2/c26-18(15-5-4-14(27-15)9-24-11-19-10-20-24)21-13-3-6-16-22-23-17(12-1-2-12)25(16)8-7-13/h4-5,10-13H,1-3,6-9H2,(H,21,26). The van der Waals surface area contributed by atoms with E-state index < -0.39 is 0 Å². The van der Waals surface area contributed by atoms with Crippen LogP contribution in [0.25, 0.3) is 0 Å². The third-order valence-electron chi connectivity index (χ3n) is 5.22. The molecule has 0 aromatic carbocycles. The van der Waals surface area contributed by atoms with Crippen molar-refractivity contribution in [2.45, 2.75) is 57.2 Å². The number of rotatable bonds is 5. The third-order valence-corrected chi connectivity index (χ3v) is 5.22. The molecule has 0 spiro atoms. The highest BCUT2D eigenvalue weighted by Gasteiger charge is 2.31. The number of aryl methyl sites for hydroxylation is 1. The summed E-state index contributed by atoms with van der Waals surface area (Å²) in [6.07, 6.45) is 8.09. The van der Waals surface area contributed by atoms with Gasteiger partial charge in [-0.3, -0.25) is 4.79 Å². The van der Waals surface area contributed by atoms with Crippen LogP contribution >= 0.6 is 0 Å². The number of nitrogens with zero attached hydrogens (tertiary/aromatic N) is 6. The summed E-state index contributed by atoms with van der Waals surface area (Å²) in [5.41, 5.74) is 0. The second-order valence-corrected chi connectivity index (χ2v) is 7.26. The van der Waals surface area contributed by atoms with Crippen LogP contribution in [-0.4, -0.2) is 41.5 Å². The predicted molar refractivity (Wildman–Crippen MR) is 94.0 cm³/mol. The molecule has 0 saturated heterocycles. The maximum Gasteiger partial charge on any atom is 0.287 e. The zero-order valence-corrected chi connectivity index (χ0v) is 14.9. The first-order chi connectivity index (χ1) is 13.3. The van der Waals surface area contributed by atoms with Crippen LogP contribution in [0, 0.1) is 0 Å². The maximum absolute atomic E-state index is 12.6. The van der Waals surface area contributed by atoms with Gasteiger partial charge in [0.15, 0.2) is 5.76 Å². The zero-order chi connectivity index (χ0) is 18.2. The van der Waals surface area contributed by atoms with Crippen LogP contribution in [0.2, 0.25) is 0 Å². The Kier molecular flexibility index (Phi) is 3.99. The first kappa shape index (κ1) is 16.2. The summed E-state index contributed by atoms with van der Waals surface area (Å²) in [5.74, 6) is 3.58. The summed E-state index contributed by atoms with van der Waals surface area (Å²) >= 11 is 0. The van der Waals surface area contributed by atoms with E-state index in [-0.39, 0.29) is 11.9 Å². The Hall–Kier alpha value is -2.97. The fourth-order valence-corrected chi connectivity index (χ4v) is 3.61. The number of nitrogens with one attached hydrogen (secondary N) is 1. The van der Waals surface area contributed by atoms with Gasteiger partial charge in [-0.25, -0.2) is 9.67 Å². The average molecular weight is 367 g/mol. The van der Waals surface area contributed by atoms with Crippen molar-refractivity contribution in [3.63, 3.8) is 0 Å². The van der Waals surface area contributed by atoms with Gasteiger partial charge in [-0.15, -0.1) is 10.2 Å². The van der Waals surface area contributed by atoms with E-state index in [2.05, 4.69) is 30.2 Å². The molecule has 1 fully saturated rings. The molecule has 27 heavy (non-hydrogen) atoms. The van der Waals surface area contributed by atoms with E-state index in [0.717, 1.165) is 37.5 Å². The maximum atomic E-state index is 12.6. The second-order valence-electron chi connectivity index (χ2n) is 7.26. The van der Waals surface area contributed by atoms with Crippen LogP contribution in [0.15, 0.2) is 29.2 Å². The molecule has 0 bridgehead atoms. The minimum absolute atomic E-state index is 0.107. The van der Waals surface area contributed by atoms with E-state index in [1.165, 1.54) is 19.2 Å². The first-order valence-corrected chi connectivity index (χ1v) is 9.40. The number of furan rings is 1. The largest absolute Gasteiger partial charge is 0.454 e. The minimum Gasteiger partial charge on any atom is -0.454 e. The molecule has 9 nitrogen and oxygen atoms in total. The predicted octanol–water partition coefficient (Wildman–Crippen LogP) is 1.52. The average Bonchev–Trinajstić information content (AvgIpc) is 3.06. The number of carbonyl (C=O) groups is 1. The molecule has 1 amide bonds. The lowest BCUT2D eigenvalue weighted by molar-refractivity contribution is 0.0902. The summed E-state index contributed by atoms with van der Waals surface area (Å²) in [6.45, 7) is 1.31. The summed E-state index contributed by atoms with van der Waals surface area (Å²) < 4.78 is 9.58. The van der Waals surface area contributed by atoms with E-state index >= 15 is 0 Å². The van der Waals surface area contributed by atoms with Crippen molar-refractivity contribution >= 4 is 5.91 Å². The van der Waals surface area contributed by atoms with Crippen molar-refractivity contribution in [3.05, 3.63) is 48.0 Å². The van der Waals surface area contributed by atoms with Crippen molar-refractivity contribution in [1.82, 2.24) is 34.8 Å². The molecular weight excluding hydrogens is 346 g/mol. The van der Waals surface area contributed by atoms with Crippen LogP contribution < -0.4 is 5.32 Å². The molecule has 1 aliphatic heterocycles. The molecule has 5 rings (SSSR count). The van der Waals surface area contributed by atoms with Gasteiger partial charge in [-0.2, -0.15) is 5.10 Å². The van der Waals surface area contributed by atoms with Gasteiger partial charge in [-0.05, 0) is 37.8 Å². The lowest BCUT2D eigenvalue weighted by atomic mass is 10.1. The van der Waals surface area contributed by atoms with E-state index in [9.17, 15) is 4.79 Å². The molecule has 1 unspecified atom stereocenters. The number of fused-ring (bicyclic) bond motifs is 1. The van der Waals surface area contributed by atoms with Crippen molar-refractivity contribution < 1.29 is 9.21 Å². The smallest absolute Gasteiger partial charge is 0.287 e. The Bertz CT molecular complexity index is 939. The Morgan fingerprint density at radius 2 is 2.15 bits per heavy atom. The summed E-state index contributed by atoms with van der Waals surface area (Å²) in [5, 5.41) is 15.9. The van der Waals surface area contributed by atoms with Crippen molar-refractivity contribution in [1.29, 1.82) is 0 Å². The number of hydrogen-bond acceptors (Lipinski definition) is 6. The van der Waals surface area contributed by atoms with Crippen LogP contribution in [0.3, 0.4) is 0 Å². The monoisotopic (exact) mass is 367 g/mol. The number of hydrogen-bond donors (Lipinski definition) is 1. The molecule has 3 aromatic rings. The number of amides is 1. The molecule has 1 atom stereocenters. The summed E-state index contributed by atoms with van der Waals surface area (Å²) in [7, 11) is 0. The van der Waals surface area contributed by atoms with Gasteiger partial charge in [-0.1, -0.05) is 0 Å². The third kappa shape index (κ3) is 3.36. The molecule has 4 heterocycles. The first-order valence-electron chi connectivity index (χ1n) is 9.40. The van der Waals surface area contributed by atoms with Crippen LogP contribution in [0.1, 0.15) is 59.6 Å². The molecule has 3 aromatic heterocycles. The zero-order valence-electron chi connectivity index (χ0n) is 14.9. The minimum atomic E-state index is -0.176. The van der Waals surface area contributed by atoms with E-state index in [1.54, 1.807) is 23.1 Å². The second kappa shape index (κ2) is 6.64. The molecule has 1 N–H and O–H groups in total. The number of carbonyl (C=O) groups excluding carboxylic acids is 1. The Labute approximate surface area is 155 Å². The van der Waals surface area contributed by atoms with Gasteiger partial charge in [0.1, 0.15) is 36.6 Å². The van der Waals surface area contributed by atoms with Crippen molar-refractivity contribution in [2.75, 3.05) is 0 Å². The van der Waals surface area contributed by atoms with Gasteiger partial charge in [0.2, 0.25) is 0 Å². The van der Waals surface area contributed by atoms with Gasteiger partial charge >= 0.3 is 0 Å². The molecule has 0 radical (unpaired) electrons. The highest BCUT2D eigenvalue weighted by molar-refractivity contribution is 5.91. The Balaban J connectivity index is 1.21. The van der Waals surface area contributed by atoms with Gasteiger partial charge in [0.05, 0.1) is 0 Å². The van der Waals surface area contributed by atoms with E-state index in [4.69, 9.17) is 4.42 Å². The highest BCUT2D eigenvalue weighted by Crippen LogP contribution is 2.39. The van der Waals surface area contributed by atoms with E-state index in [0.29, 0.717) is 24.0 Å². The van der Waals surface area contributed by atoms with Crippen LogP contribution in [0.5, 0.6) is 0 Å². The van der Waals surface area contributed by atoms with Gasteiger partial charge in [0.25, 0.3) is 5.91 Å². The van der Waals surface area contributed by atoms with Crippen LogP contribution in [0.4, 0.5) is 0 Å². The molecule has 1 aliphatic carbocycles. The highest BCUT2D eigenvalue weighted by atomic mass is 16.4. The topological polar surface area (TPSA) is 104 Å². The molecule has 1 saturated carbocycles. The quantitative estimate of drug-likeness (QED) is 0.733. The van der Waals surface area contributed by atoms with Gasteiger partial charge < -0.3 is 14.3 Å². The Morgan fingerprint density at radius 3 is 2.96 bits per heavy atom. The number of aromatic nitrogens is 6. The lowest BCUT2D eigenvalue weighted by Gasteiger charge is -2.15. The van der Waals surface area contributed by atoms with Crippen molar-refractivity contribution in [3.8, 4) is 0 Å². The fourth-order valence-electron chi connectivity index (χ4n) is 3.61. The molecule has 2 aliphatic rings. The SMILES string of the molecule is O=C(NC1CCc2nnc(C3CC3)n2CC1)c1ccc(Cn2cncn2)o1. The summed E-state index contributed by atoms with van der Waals surface area (Å²) in [4.78, 5) is 16.5. The van der Waals surface area contributed by atoms with Gasteiger partial charge in [0, 0.05) is 24.9 Å². The van der Waals surface area contributed by atoms with Crippen molar-refractivity contribution in [2.24, 2.45) is 0 Å². The Morgan fingerprint density at radius 1 is 1.22 bits per heavy atom. The van der Waals surface area contributed by atoms with E-state index in [1.807, 2.05) is 0 Å². The van der Waals surface area contributed by atoms with Crippen LogP contribution in [-0.2, 0) is 19.5 Å².